The number of hydrogen-bond acceptors (Lipinski definition) is 2. The van der Waals surface area contributed by atoms with Crippen molar-refractivity contribution >= 4 is 5.69 Å². The number of nitrogens with one attached hydrogen (secondary N) is 1. The summed E-state index contributed by atoms with van der Waals surface area (Å²) in [7, 11) is 0. The Kier molecular flexibility index (Phi) is 4.43. The zero-order chi connectivity index (χ0) is 12.1. The normalized spacial score (nSPS) is 18.3. The highest BCUT2D eigenvalue weighted by Gasteiger charge is 2.21. The number of hydrogen-bond donors (Lipinski definition) is 2. The summed E-state index contributed by atoms with van der Waals surface area (Å²) < 4.78 is 0. The summed E-state index contributed by atoms with van der Waals surface area (Å²) in [5.74, 6) is 0. The lowest BCUT2D eigenvalue weighted by Gasteiger charge is -2.14. The van der Waals surface area contributed by atoms with E-state index in [-0.39, 0.29) is 0 Å². The minimum Gasteiger partial charge on any atom is -0.399 e. The van der Waals surface area contributed by atoms with Gasteiger partial charge in [0.2, 0.25) is 0 Å². The van der Waals surface area contributed by atoms with E-state index in [1.165, 1.54) is 49.7 Å². The predicted molar refractivity (Wildman–Crippen MR) is 74.1 cm³/mol. The van der Waals surface area contributed by atoms with Crippen molar-refractivity contribution in [3.05, 3.63) is 29.3 Å². The lowest BCUT2D eigenvalue weighted by Crippen LogP contribution is -2.20. The van der Waals surface area contributed by atoms with Gasteiger partial charge in [-0.3, -0.25) is 0 Å². The van der Waals surface area contributed by atoms with Gasteiger partial charge in [-0.1, -0.05) is 32.3 Å². The van der Waals surface area contributed by atoms with Gasteiger partial charge in [0.1, 0.15) is 0 Å². The molecular formula is C15H24N2. The van der Waals surface area contributed by atoms with Crippen molar-refractivity contribution in [3.8, 4) is 0 Å². The zero-order valence-corrected chi connectivity index (χ0v) is 10.8. The third-order valence-corrected chi connectivity index (χ3v) is 3.67. The molecule has 17 heavy (non-hydrogen) atoms. The van der Waals surface area contributed by atoms with Crippen molar-refractivity contribution < 1.29 is 0 Å². The van der Waals surface area contributed by atoms with E-state index in [4.69, 9.17) is 5.73 Å². The van der Waals surface area contributed by atoms with Crippen LogP contribution in [0.1, 0.15) is 56.2 Å². The first-order valence-electron chi connectivity index (χ1n) is 6.93. The van der Waals surface area contributed by atoms with Gasteiger partial charge in [-0.2, -0.15) is 0 Å². The number of rotatable bonds is 6. The highest BCUT2D eigenvalue weighted by atomic mass is 14.9. The largest absolute Gasteiger partial charge is 0.399 e. The maximum absolute atomic E-state index is 5.81. The Labute approximate surface area is 105 Å². The molecule has 0 fully saturated rings. The van der Waals surface area contributed by atoms with E-state index in [9.17, 15) is 0 Å². The molecule has 2 heteroatoms. The monoisotopic (exact) mass is 232 g/mol. The summed E-state index contributed by atoms with van der Waals surface area (Å²) >= 11 is 0. The number of anilines is 1. The van der Waals surface area contributed by atoms with Gasteiger partial charge in [0, 0.05) is 11.7 Å². The van der Waals surface area contributed by atoms with E-state index in [1.54, 1.807) is 0 Å². The first-order chi connectivity index (χ1) is 8.31. The SMILES string of the molecule is CCCCCCNC1CCc2cc(N)ccc21. The minimum atomic E-state index is 0.562. The number of nitrogens with two attached hydrogens (primary N) is 1. The van der Waals surface area contributed by atoms with Crippen molar-refractivity contribution in [2.24, 2.45) is 0 Å². The molecule has 1 aromatic rings. The Hall–Kier alpha value is -1.02. The van der Waals surface area contributed by atoms with Gasteiger partial charge in [-0.25, -0.2) is 0 Å². The lowest BCUT2D eigenvalue weighted by atomic mass is 10.1. The molecule has 0 aromatic heterocycles. The molecule has 0 saturated carbocycles. The van der Waals surface area contributed by atoms with E-state index in [0.29, 0.717) is 6.04 Å². The van der Waals surface area contributed by atoms with Crippen LogP contribution in [0, 0.1) is 0 Å². The molecule has 94 valence electrons. The van der Waals surface area contributed by atoms with Crippen LogP contribution in [0.3, 0.4) is 0 Å². The van der Waals surface area contributed by atoms with Crippen LogP contribution in [0.5, 0.6) is 0 Å². The summed E-state index contributed by atoms with van der Waals surface area (Å²) in [6.45, 7) is 3.40. The topological polar surface area (TPSA) is 38.0 Å². The predicted octanol–water partition coefficient (Wildman–Crippen LogP) is 3.43. The second kappa shape index (κ2) is 6.06. The number of fused-ring (bicyclic) bond motifs is 1. The van der Waals surface area contributed by atoms with Crippen LogP contribution >= 0.6 is 0 Å². The zero-order valence-electron chi connectivity index (χ0n) is 10.8. The van der Waals surface area contributed by atoms with E-state index in [2.05, 4.69) is 24.4 Å². The smallest absolute Gasteiger partial charge is 0.0326 e. The summed E-state index contributed by atoms with van der Waals surface area (Å²) in [6.07, 6.45) is 7.73. The first-order valence-corrected chi connectivity index (χ1v) is 6.93. The molecule has 1 aliphatic carbocycles. The second-order valence-corrected chi connectivity index (χ2v) is 5.06. The van der Waals surface area contributed by atoms with Crippen LogP contribution in [0.2, 0.25) is 0 Å². The quantitative estimate of drug-likeness (QED) is 0.582. The Morgan fingerprint density at radius 3 is 3.00 bits per heavy atom. The van der Waals surface area contributed by atoms with E-state index < -0.39 is 0 Å². The fraction of sp³-hybridized carbons (Fsp3) is 0.600. The van der Waals surface area contributed by atoms with E-state index in [1.807, 2.05) is 6.07 Å². The minimum absolute atomic E-state index is 0.562. The third kappa shape index (κ3) is 3.22. The molecule has 0 aliphatic heterocycles. The number of aryl methyl sites for hydroxylation is 1. The second-order valence-electron chi connectivity index (χ2n) is 5.06. The number of benzene rings is 1. The molecule has 0 radical (unpaired) electrons. The van der Waals surface area contributed by atoms with Crippen molar-refractivity contribution in [3.63, 3.8) is 0 Å². The number of nitrogen functional groups attached to an aromatic ring is 1. The fourth-order valence-electron chi connectivity index (χ4n) is 2.68. The van der Waals surface area contributed by atoms with Crippen molar-refractivity contribution in [1.82, 2.24) is 5.32 Å². The molecular weight excluding hydrogens is 208 g/mol. The summed E-state index contributed by atoms with van der Waals surface area (Å²) in [5.41, 5.74) is 9.61. The molecule has 1 unspecified atom stereocenters. The van der Waals surface area contributed by atoms with Gasteiger partial charge in [-0.05, 0) is 49.1 Å². The van der Waals surface area contributed by atoms with Gasteiger partial charge < -0.3 is 11.1 Å². The molecule has 0 heterocycles. The van der Waals surface area contributed by atoms with Crippen LogP contribution < -0.4 is 11.1 Å². The van der Waals surface area contributed by atoms with Crippen molar-refractivity contribution in [2.45, 2.75) is 51.5 Å². The Morgan fingerprint density at radius 1 is 1.29 bits per heavy atom. The maximum Gasteiger partial charge on any atom is 0.0326 e. The Balaban J connectivity index is 1.81. The summed E-state index contributed by atoms with van der Waals surface area (Å²) in [5, 5.41) is 3.68. The standard InChI is InChI=1S/C15H24N2/c1-2-3-4-5-10-17-15-9-6-12-11-13(16)7-8-14(12)15/h7-8,11,15,17H,2-6,9-10,16H2,1H3. The Morgan fingerprint density at radius 2 is 2.18 bits per heavy atom. The summed E-state index contributed by atoms with van der Waals surface area (Å²) in [6, 6.07) is 6.91. The van der Waals surface area contributed by atoms with Crippen LogP contribution in [0.15, 0.2) is 18.2 Å². The molecule has 0 bridgehead atoms. The van der Waals surface area contributed by atoms with Gasteiger partial charge in [0.05, 0.1) is 0 Å². The highest BCUT2D eigenvalue weighted by Crippen LogP contribution is 2.32. The molecule has 2 nitrogen and oxygen atoms in total. The van der Waals surface area contributed by atoms with Crippen LogP contribution in [0.25, 0.3) is 0 Å². The molecule has 0 spiro atoms. The Bertz CT molecular complexity index is 360. The lowest BCUT2D eigenvalue weighted by molar-refractivity contribution is 0.506. The molecule has 1 aliphatic rings. The van der Waals surface area contributed by atoms with Gasteiger partial charge >= 0.3 is 0 Å². The average Bonchev–Trinajstić information content (AvgIpc) is 2.71. The van der Waals surface area contributed by atoms with Crippen molar-refractivity contribution in [1.29, 1.82) is 0 Å². The molecule has 0 saturated heterocycles. The molecule has 1 aromatic carbocycles. The van der Waals surface area contributed by atoms with E-state index in [0.717, 1.165) is 12.2 Å². The van der Waals surface area contributed by atoms with Gasteiger partial charge in [0.25, 0.3) is 0 Å². The molecule has 2 rings (SSSR count). The molecule has 3 N–H and O–H groups in total. The third-order valence-electron chi connectivity index (χ3n) is 3.67. The van der Waals surface area contributed by atoms with E-state index >= 15 is 0 Å². The van der Waals surface area contributed by atoms with Crippen molar-refractivity contribution in [2.75, 3.05) is 12.3 Å². The fourth-order valence-corrected chi connectivity index (χ4v) is 2.68. The van der Waals surface area contributed by atoms with Crippen LogP contribution in [-0.2, 0) is 6.42 Å². The summed E-state index contributed by atoms with van der Waals surface area (Å²) in [4.78, 5) is 0. The molecule has 0 amide bonds. The average molecular weight is 232 g/mol. The molecule has 1 atom stereocenters. The van der Waals surface area contributed by atoms with Gasteiger partial charge in [-0.15, -0.1) is 0 Å². The number of unbranched alkanes of at least 4 members (excludes halogenated alkanes) is 3. The highest BCUT2D eigenvalue weighted by molar-refractivity contribution is 5.47. The van der Waals surface area contributed by atoms with Gasteiger partial charge in [0.15, 0.2) is 0 Å². The van der Waals surface area contributed by atoms with Crippen LogP contribution in [0.4, 0.5) is 5.69 Å². The van der Waals surface area contributed by atoms with Crippen LogP contribution in [-0.4, -0.2) is 6.54 Å². The first kappa shape index (κ1) is 12.4. The maximum atomic E-state index is 5.81.